The van der Waals surface area contributed by atoms with Gasteiger partial charge in [-0.2, -0.15) is 5.10 Å². The largest absolute Gasteiger partial charge is 0.349 e. The van der Waals surface area contributed by atoms with E-state index >= 15 is 0 Å². The zero-order valence-electron chi connectivity index (χ0n) is 17.1. The minimum atomic E-state index is -0.303. The van der Waals surface area contributed by atoms with Crippen molar-refractivity contribution in [2.75, 3.05) is 0 Å². The SMILES string of the molecule is CCCn1c(=O)c2[nH]c(-c3cnn(Cc4cccc(F)c4)c3)cc2n(CCC)c1=O. The van der Waals surface area contributed by atoms with Gasteiger partial charge in [0.15, 0.2) is 0 Å². The fourth-order valence-electron chi connectivity index (χ4n) is 3.72. The molecule has 0 saturated heterocycles. The van der Waals surface area contributed by atoms with E-state index in [0.717, 1.165) is 17.5 Å². The van der Waals surface area contributed by atoms with E-state index < -0.39 is 0 Å². The first-order valence-electron chi connectivity index (χ1n) is 10.2. The van der Waals surface area contributed by atoms with Crippen LogP contribution < -0.4 is 11.2 Å². The molecule has 0 radical (unpaired) electrons. The Morgan fingerprint density at radius 2 is 1.83 bits per heavy atom. The summed E-state index contributed by atoms with van der Waals surface area (Å²) in [6.07, 6.45) is 5.01. The second-order valence-electron chi connectivity index (χ2n) is 7.39. The number of nitrogens with one attached hydrogen (secondary N) is 1. The van der Waals surface area contributed by atoms with Crippen molar-refractivity contribution in [3.63, 3.8) is 0 Å². The van der Waals surface area contributed by atoms with Crippen LogP contribution in [0.4, 0.5) is 4.39 Å². The lowest BCUT2D eigenvalue weighted by atomic mass is 10.2. The highest BCUT2D eigenvalue weighted by molar-refractivity contribution is 5.82. The molecule has 0 atom stereocenters. The summed E-state index contributed by atoms with van der Waals surface area (Å²) < 4.78 is 18.1. The Bertz CT molecular complexity index is 1310. The topological polar surface area (TPSA) is 77.6 Å². The summed E-state index contributed by atoms with van der Waals surface area (Å²) in [6.45, 7) is 5.29. The average Bonchev–Trinajstić information content (AvgIpc) is 3.36. The van der Waals surface area contributed by atoms with E-state index in [4.69, 9.17) is 0 Å². The van der Waals surface area contributed by atoms with Gasteiger partial charge >= 0.3 is 5.69 Å². The molecule has 4 rings (SSSR count). The molecule has 3 aromatic heterocycles. The number of fused-ring (bicyclic) bond motifs is 1. The quantitative estimate of drug-likeness (QED) is 0.508. The molecule has 1 aromatic carbocycles. The van der Waals surface area contributed by atoms with Crippen molar-refractivity contribution in [3.05, 3.63) is 74.9 Å². The van der Waals surface area contributed by atoms with Crippen LogP contribution in [0.3, 0.4) is 0 Å². The highest BCUT2D eigenvalue weighted by atomic mass is 19.1. The normalized spacial score (nSPS) is 11.4. The lowest BCUT2D eigenvalue weighted by Crippen LogP contribution is -2.39. The van der Waals surface area contributed by atoms with Crippen molar-refractivity contribution in [1.82, 2.24) is 23.9 Å². The van der Waals surface area contributed by atoms with Crippen LogP contribution >= 0.6 is 0 Å². The molecule has 7 nitrogen and oxygen atoms in total. The number of hydrogen-bond donors (Lipinski definition) is 1. The maximum atomic E-state index is 13.4. The molecule has 0 aliphatic carbocycles. The molecule has 0 unspecified atom stereocenters. The van der Waals surface area contributed by atoms with Crippen LogP contribution in [0, 0.1) is 5.82 Å². The summed E-state index contributed by atoms with van der Waals surface area (Å²) in [7, 11) is 0. The first-order valence-corrected chi connectivity index (χ1v) is 10.2. The molecule has 4 aromatic rings. The van der Waals surface area contributed by atoms with E-state index in [1.54, 1.807) is 21.5 Å². The summed E-state index contributed by atoms with van der Waals surface area (Å²) >= 11 is 0. The third-order valence-corrected chi connectivity index (χ3v) is 5.08. The van der Waals surface area contributed by atoms with Crippen LogP contribution in [0.15, 0.2) is 52.3 Å². The van der Waals surface area contributed by atoms with Crippen LogP contribution in [0.25, 0.3) is 22.3 Å². The van der Waals surface area contributed by atoms with Crippen LogP contribution in [-0.2, 0) is 19.6 Å². The molecule has 156 valence electrons. The Morgan fingerprint density at radius 3 is 2.57 bits per heavy atom. The zero-order valence-corrected chi connectivity index (χ0v) is 17.1. The van der Waals surface area contributed by atoms with E-state index in [0.29, 0.717) is 42.8 Å². The Balaban J connectivity index is 1.76. The Kier molecular flexibility index (Phi) is 5.39. The summed E-state index contributed by atoms with van der Waals surface area (Å²) in [4.78, 5) is 28.9. The monoisotopic (exact) mass is 409 g/mol. The minimum Gasteiger partial charge on any atom is -0.349 e. The number of nitrogens with zero attached hydrogens (tertiary/aromatic N) is 4. The van der Waals surface area contributed by atoms with Gasteiger partial charge in [0.1, 0.15) is 11.3 Å². The van der Waals surface area contributed by atoms with E-state index in [2.05, 4.69) is 10.1 Å². The van der Waals surface area contributed by atoms with Crippen molar-refractivity contribution in [1.29, 1.82) is 0 Å². The molecule has 8 heteroatoms. The van der Waals surface area contributed by atoms with E-state index in [1.165, 1.54) is 16.7 Å². The molecular weight excluding hydrogens is 385 g/mol. The molecule has 0 aliphatic rings. The summed E-state index contributed by atoms with van der Waals surface area (Å²) in [6, 6.07) is 8.22. The summed E-state index contributed by atoms with van der Waals surface area (Å²) in [5, 5.41) is 4.36. The Hall–Kier alpha value is -3.42. The number of aromatic amines is 1. The molecule has 30 heavy (non-hydrogen) atoms. The first-order chi connectivity index (χ1) is 14.5. The van der Waals surface area contributed by atoms with Gasteiger partial charge in [0, 0.05) is 24.8 Å². The Labute approximate surface area is 172 Å². The van der Waals surface area contributed by atoms with Gasteiger partial charge in [-0.05, 0) is 36.6 Å². The molecule has 0 aliphatic heterocycles. The predicted molar refractivity (Wildman–Crippen MR) is 114 cm³/mol. The van der Waals surface area contributed by atoms with Crippen molar-refractivity contribution in [3.8, 4) is 11.3 Å². The second-order valence-corrected chi connectivity index (χ2v) is 7.39. The predicted octanol–water partition coefficient (Wildman–Crippen LogP) is 3.36. The number of aromatic nitrogens is 5. The number of hydrogen-bond acceptors (Lipinski definition) is 3. The van der Waals surface area contributed by atoms with Gasteiger partial charge in [0.05, 0.1) is 24.0 Å². The fourth-order valence-corrected chi connectivity index (χ4v) is 3.72. The van der Waals surface area contributed by atoms with Gasteiger partial charge in [0.2, 0.25) is 0 Å². The van der Waals surface area contributed by atoms with Crippen molar-refractivity contribution >= 4 is 11.0 Å². The van der Waals surface area contributed by atoms with E-state index in [9.17, 15) is 14.0 Å². The second kappa shape index (κ2) is 8.14. The fraction of sp³-hybridized carbons (Fsp3) is 0.318. The lowest BCUT2D eigenvalue weighted by molar-refractivity contribution is 0.558. The summed E-state index contributed by atoms with van der Waals surface area (Å²) in [5.74, 6) is -0.284. The standard InChI is InChI=1S/C22H24FN5O2/c1-3-8-27-19-11-18(25-20(19)21(29)28(9-4-2)22(27)30)16-12-24-26(14-16)13-15-6-5-7-17(23)10-15/h5-7,10-12,14,25H,3-4,8-9,13H2,1-2H3. The smallest absolute Gasteiger partial charge is 0.331 e. The number of aryl methyl sites for hydroxylation is 1. The van der Waals surface area contributed by atoms with Crippen LogP contribution in [0.1, 0.15) is 32.3 Å². The number of halogens is 1. The van der Waals surface area contributed by atoms with Crippen molar-refractivity contribution in [2.45, 2.75) is 46.3 Å². The van der Waals surface area contributed by atoms with Gasteiger partial charge in [0.25, 0.3) is 5.56 Å². The first kappa shape index (κ1) is 19.9. The molecule has 0 bridgehead atoms. The van der Waals surface area contributed by atoms with Gasteiger partial charge in [-0.15, -0.1) is 0 Å². The lowest BCUT2D eigenvalue weighted by Gasteiger charge is -2.10. The van der Waals surface area contributed by atoms with Crippen molar-refractivity contribution < 1.29 is 4.39 Å². The van der Waals surface area contributed by atoms with Gasteiger partial charge in [-0.1, -0.05) is 26.0 Å². The minimum absolute atomic E-state index is 0.274. The molecule has 0 spiro atoms. The molecule has 0 amide bonds. The zero-order chi connectivity index (χ0) is 21.3. The molecular formula is C22H24FN5O2. The van der Waals surface area contributed by atoms with Crippen LogP contribution in [-0.4, -0.2) is 23.9 Å². The van der Waals surface area contributed by atoms with Gasteiger partial charge in [-0.25, -0.2) is 9.18 Å². The van der Waals surface area contributed by atoms with Crippen molar-refractivity contribution in [2.24, 2.45) is 0 Å². The molecule has 0 fully saturated rings. The highest BCUT2D eigenvalue weighted by Gasteiger charge is 2.16. The van der Waals surface area contributed by atoms with Gasteiger partial charge < -0.3 is 4.98 Å². The van der Waals surface area contributed by atoms with Gasteiger partial charge in [-0.3, -0.25) is 18.6 Å². The number of H-pyrrole nitrogens is 1. The van der Waals surface area contributed by atoms with E-state index in [1.807, 2.05) is 32.2 Å². The van der Waals surface area contributed by atoms with Crippen LogP contribution in [0.5, 0.6) is 0 Å². The number of rotatable bonds is 7. The Morgan fingerprint density at radius 1 is 1.07 bits per heavy atom. The number of benzene rings is 1. The third-order valence-electron chi connectivity index (χ3n) is 5.08. The molecule has 3 heterocycles. The third kappa shape index (κ3) is 3.60. The average molecular weight is 409 g/mol. The molecule has 1 N–H and O–H groups in total. The highest BCUT2D eigenvalue weighted by Crippen LogP contribution is 2.22. The maximum absolute atomic E-state index is 13.4. The maximum Gasteiger partial charge on any atom is 0.331 e. The molecule has 0 saturated carbocycles. The summed E-state index contributed by atoms with van der Waals surface area (Å²) in [5.41, 5.74) is 2.76. The van der Waals surface area contributed by atoms with Crippen LogP contribution in [0.2, 0.25) is 0 Å². The van der Waals surface area contributed by atoms with E-state index in [-0.39, 0.29) is 17.1 Å².